The van der Waals surface area contributed by atoms with Crippen LogP contribution in [0.3, 0.4) is 0 Å². The van der Waals surface area contributed by atoms with E-state index in [0.29, 0.717) is 17.0 Å². The maximum atomic E-state index is 12.3. The van der Waals surface area contributed by atoms with Gasteiger partial charge in [0.1, 0.15) is 17.4 Å². The smallest absolute Gasteiger partial charge is 0.268 e. The molecule has 1 N–H and O–H groups in total. The lowest BCUT2D eigenvalue weighted by Crippen LogP contribution is -2.14. The van der Waals surface area contributed by atoms with Gasteiger partial charge < -0.3 is 10.1 Å². The van der Waals surface area contributed by atoms with Crippen LogP contribution >= 0.6 is 24.4 Å². The van der Waals surface area contributed by atoms with E-state index < -0.39 is 5.91 Å². The van der Waals surface area contributed by atoms with Crippen molar-refractivity contribution in [3.8, 4) is 11.8 Å². The molecule has 26 heavy (non-hydrogen) atoms. The zero-order chi connectivity index (χ0) is 18.9. The third-order valence-electron chi connectivity index (χ3n) is 3.34. The molecule has 2 aromatic carbocycles. The molecule has 0 spiro atoms. The molecule has 0 radical (unpaired) electrons. The monoisotopic (exact) mass is 384 g/mol. The second kappa shape index (κ2) is 9.70. The average Bonchev–Trinajstić information content (AvgIpc) is 2.68. The van der Waals surface area contributed by atoms with Crippen molar-refractivity contribution >= 4 is 41.8 Å². The lowest BCUT2D eigenvalue weighted by molar-refractivity contribution is -0.112. The number of nitrogens with one attached hydrogen (secondary N) is 1. The number of methoxy groups -OCH3 is 1. The number of rotatable bonds is 7. The number of benzene rings is 2. The van der Waals surface area contributed by atoms with Crippen LogP contribution in [0.2, 0.25) is 0 Å². The van der Waals surface area contributed by atoms with Crippen LogP contribution < -0.4 is 10.1 Å². The molecule has 0 aliphatic rings. The Morgan fingerprint density at radius 1 is 1.15 bits per heavy atom. The Labute approximate surface area is 161 Å². The molecule has 0 saturated carbocycles. The quantitative estimate of drug-likeness (QED) is 0.327. The Hall–Kier alpha value is -2.69. The van der Waals surface area contributed by atoms with Crippen molar-refractivity contribution in [2.45, 2.75) is 0 Å². The Morgan fingerprint density at radius 3 is 2.38 bits per heavy atom. The molecule has 0 aliphatic carbocycles. The zero-order valence-electron chi connectivity index (χ0n) is 13.9. The molecular formula is C19H16N2O3S2. The van der Waals surface area contributed by atoms with E-state index >= 15 is 0 Å². The summed E-state index contributed by atoms with van der Waals surface area (Å²) < 4.78 is 5.25. The summed E-state index contributed by atoms with van der Waals surface area (Å²) in [6, 6.07) is 17.4. The van der Waals surface area contributed by atoms with E-state index in [0.717, 1.165) is 11.8 Å². The van der Waals surface area contributed by atoms with Crippen LogP contribution in [0.15, 0.2) is 64.4 Å². The fraction of sp³-hybridized carbons (Fsp3) is 0.105. The predicted octanol–water partition coefficient (Wildman–Crippen LogP) is 3.91. The number of hydrogen-bond donors (Lipinski definition) is 2. The van der Waals surface area contributed by atoms with Gasteiger partial charge >= 0.3 is 0 Å². The van der Waals surface area contributed by atoms with Crippen molar-refractivity contribution in [2.24, 2.45) is 0 Å². The Kier molecular flexibility index (Phi) is 7.33. The van der Waals surface area contributed by atoms with Crippen LogP contribution in [-0.4, -0.2) is 24.6 Å². The second-order valence-electron chi connectivity index (χ2n) is 5.05. The molecule has 0 fully saturated rings. The summed E-state index contributed by atoms with van der Waals surface area (Å²) in [6.07, 6.45) is 0. The highest BCUT2D eigenvalue weighted by Gasteiger charge is 2.16. The third-order valence-corrected chi connectivity index (χ3v) is 4.83. The first kappa shape index (κ1) is 19.6. The number of thioether (sulfide) groups is 1. The van der Waals surface area contributed by atoms with Crippen LogP contribution in [0.4, 0.5) is 5.69 Å². The largest absolute Gasteiger partial charge is 0.497 e. The van der Waals surface area contributed by atoms with Gasteiger partial charge in [-0.1, -0.05) is 30.3 Å². The van der Waals surface area contributed by atoms with Gasteiger partial charge in [-0.2, -0.15) is 5.26 Å². The van der Waals surface area contributed by atoms with Gasteiger partial charge in [-0.05, 0) is 24.3 Å². The van der Waals surface area contributed by atoms with Gasteiger partial charge in [0.15, 0.2) is 5.78 Å². The summed E-state index contributed by atoms with van der Waals surface area (Å²) in [4.78, 5) is 24.4. The summed E-state index contributed by atoms with van der Waals surface area (Å²) in [7, 11) is 1.55. The van der Waals surface area contributed by atoms with Gasteiger partial charge in [-0.3, -0.25) is 9.59 Å². The first-order chi connectivity index (χ1) is 12.5. The molecule has 0 atom stereocenters. The van der Waals surface area contributed by atoms with Crippen molar-refractivity contribution in [1.82, 2.24) is 0 Å². The Balaban J connectivity index is 2.03. The normalized spacial score (nSPS) is 11.1. The van der Waals surface area contributed by atoms with Crippen molar-refractivity contribution in [3.63, 3.8) is 0 Å². The lowest BCUT2D eigenvalue weighted by atomic mass is 10.2. The number of ketones is 1. The van der Waals surface area contributed by atoms with E-state index in [1.54, 1.807) is 55.6 Å². The number of nitriles is 1. The molecule has 0 unspecified atom stereocenters. The van der Waals surface area contributed by atoms with Gasteiger partial charge in [-0.25, -0.2) is 0 Å². The SMILES string of the molecule is COc1ccc(NC(=O)C(C#N)=C(S)SCC(=O)c2ccccc2)cc1. The van der Waals surface area contributed by atoms with E-state index in [-0.39, 0.29) is 21.3 Å². The number of hydrogen-bond acceptors (Lipinski definition) is 6. The van der Waals surface area contributed by atoms with Crippen molar-refractivity contribution in [1.29, 1.82) is 5.26 Å². The van der Waals surface area contributed by atoms with E-state index in [1.165, 1.54) is 0 Å². The van der Waals surface area contributed by atoms with Crippen molar-refractivity contribution in [3.05, 3.63) is 70.0 Å². The molecule has 0 heterocycles. The molecular weight excluding hydrogens is 368 g/mol. The maximum Gasteiger partial charge on any atom is 0.268 e. The molecule has 1 amide bonds. The number of Topliss-reactive ketones (excluding diaryl/α,β-unsaturated/α-hetero) is 1. The van der Waals surface area contributed by atoms with E-state index in [2.05, 4.69) is 17.9 Å². The van der Waals surface area contributed by atoms with Gasteiger partial charge in [0.25, 0.3) is 5.91 Å². The molecule has 7 heteroatoms. The summed E-state index contributed by atoms with van der Waals surface area (Å²) in [6.45, 7) is 0. The summed E-state index contributed by atoms with van der Waals surface area (Å²) in [5.74, 6) is 0.0605. The van der Waals surface area contributed by atoms with E-state index in [9.17, 15) is 14.9 Å². The van der Waals surface area contributed by atoms with Crippen LogP contribution in [0.1, 0.15) is 10.4 Å². The fourth-order valence-corrected chi connectivity index (χ4v) is 3.04. The van der Waals surface area contributed by atoms with Gasteiger partial charge in [0.05, 0.1) is 17.1 Å². The number of anilines is 1. The molecule has 0 saturated heterocycles. The third kappa shape index (κ3) is 5.41. The molecule has 5 nitrogen and oxygen atoms in total. The standard InChI is InChI=1S/C19H16N2O3S2/c1-24-15-9-7-14(8-10-15)21-18(23)16(11-20)19(25)26-12-17(22)13-5-3-2-4-6-13/h2-10,25H,12H2,1H3,(H,21,23). The zero-order valence-corrected chi connectivity index (χ0v) is 15.6. The molecule has 0 bridgehead atoms. The summed E-state index contributed by atoms with van der Waals surface area (Å²) >= 11 is 5.26. The maximum absolute atomic E-state index is 12.3. The fourth-order valence-electron chi connectivity index (χ4n) is 1.98. The van der Waals surface area contributed by atoms with Crippen LogP contribution in [-0.2, 0) is 4.79 Å². The second-order valence-corrected chi connectivity index (χ2v) is 6.79. The first-order valence-electron chi connectivity index (χ1n) is 7.55. The number of ether oxygens (including phenoxy) is 1. The minimum absolute atomic E-state index is 0.0871. The minimum atomic E-state index is -0.581. The van der Waals surface area contributed by atoms with Gasteiger partial charge in [0.2, 0.25) is 0 Å². The van der Waals surface area contributed by atoms with Crippen molar-refractivity contribution in [2.75, 3.05) is 18.2 Å². The molecule has 2 aromatic rings. The van der Waals surface area contributed by atoms with Crippen LogP contribution in [0.5, 0.6) is 5.75 Å². The van der Waals surface area contributed by atoms with Crippen LogP contribution in [0.25, 0.3) is 0 Å². The predicted molar refractivity (Wildman–Crippen MR) is 106 cm³/mol. The highest BCUT2D eigenvalue weighted by Crippen LogP contribution is 2.25. The number of amides is 1. The summed E-state index contributed by atoms with van der Waals surface area (Å²) in [5, 5.41) is 11.9. The number of carbonyl (C=O) groups is 2. The topological polar surface area (TPSA) is 79.2 Å². The van der Waals surface area contributed by atoms with Gasteiger partial charge in [0, 0.05) is 11.3 Å². The first-order valence-corrected chi connectivity index (χ1v) is 8.98. The highest BCUT2D eigenvalue weighted by atomic mass is 32.2. The minimum Gasteiger partial charge on any atom is -0.497 e. The molecule has 0 aliphatic heterocycles. The Bertz CT molecular complexity index is 857. The lowest BCUT2D eigenvalue weighted by Gasteiger charge is -2.07. The Morgan fingerprint density at radius 2 is 1.81 bits per heavy atom. The number of thiol groups is 1. The number of carbonyl (C=O) groups excluding carboxylic acids is 2. The van der Waals surface area contributed by atoms with Crippen molar-refractivity contribution < 1.29 is 14.3 Å². The van der Waals surface area contributed by atoms with E-state index in [1.807, 2.05) is 12.1 Å². The van der Waals surface area contributed by atoms with E-state index in [4.69, 9.17) is 4.74 Å². The molecule has 132 valence electrons. The molecule has 2 rings (SSSR count). The van der Waals surface area contributed by atoms with Crippen LogP contribution in [0, 0.1) is 11.3 Å². The average molecular weight is 384 g/mol. The number of nitrogens with zero attached hydrogens (tertiary/aromatic N) is 1. The summed E-state index contributed by atoms with van der Waals surface area (Å²) in [5.41, 5.74) is 0.951. The van der Waals surface area contributed by atoms with Gasteiger partial charge in [-0.15, -0.1) is 24.4 Å². The molecule has 0 aromatic heterocycles. The highest BCUT2D eigenvalue weighted by molar-refractivity contribution is 8.16.